The number of likely N-dealkylation sites (tertiary alicyclic amines) is 1. The SMILES string of the molecule is Cc1nnc(C(C)(C)NC(=O)C2[C@H]3CN(C(=O)OC(C)(C)C)C[C@@H]23)c2ccccc12. The fourth-order valence-electron chi connectivity index (χ4n) is 4.54. The van der Waals surface area contributed by atoms with E-state index >= 15 is 0 Å². The number of hydrogen-bond donors (Lipinski definition) is 1. The van der Waals surface area contributed by atoms with Crippen molar-refractivity contribution in [3.63, 3.8) is 0 Å². The summed E-state index contributed by atoms with van der Waals surface area (Å²) in [7, 11) is 0. The van der Waals surface area contributed by atoms with Crippen molar-refractivity contribution in [1.29, 1.82) is 0 Å². The van der Waals surface area contributed by atoms with E-state index in [-0.39, 0.29) is 29.8 Å². The molecule has 7 heteroatoms. The summed E-state index contributed by atoms with van der Waals surface area (Å²) < 4.78 is 5.45. The number of aromatic nitrogens is 2. The molecule has 1 unspecified atom stereocenters. The number of carbonyl (C=O) groups excluding carboxylic acids is 2. The molecule has 0 spiro atoms. The van der Waals surface area contributed by atoms with Gasteiger partial charge in [-0.1, -0.05) is 24.3 Å². The Hall–Kier alpha value is -2.70. The predicted octanol–water partition coefficient (Wildman–Crippen LogP) is 3.40. The first-order chi connectivity index (χ1) is 14.0. The Bertz CT molecular complexity index is 999. The van der Waals surface area contributed by atoms with Gasteiger partial charge in [-0.15, -0.1) is 0 Å². The van der Waals surface area contributed by atoms with Crippen molar-refractivity contribution >= 4 is 22.8 Å². The van der Waals surface area contributed by atoms with E-state index in [9.17, 15) is 9.59 Å². The molecule has 1 aromatic heterocycles. The van der Waals surface area contributed by atoms with Crippen LogP contribution in [0.3, 0.4) is 0 Å². The number of aryl methyl sites for hydroxylation is 1. The molecule has 7 nitrogen and oxygen atoms in total. The smallest absolute Gasteiger partial charge is 0.410 e. The molecule has 2 amide bonds. The van der Waals surface area contributed by atoms with E-state index in [0.29, 0.717) is 13.1 Å². The molecule has 1 aliphatic carbocycles. The Labute approximate surface area is 177 Å². The molecule has 2 fully saturated rings. The number of nitrogens with one attached hydrogen (secondary N) is 1. The summed E-state index contributed by atoms with van der Waals surface area (Å²) in [6.45, 7) is 12.6. The minimum Gasteiger partial charge on any atom is -0.444 e. The molecular formula is C23H30N4O3. The van der Waals surface area contributed by atoms with E-state index in [1.54, 1.807) is 4.90 Å². The third-order valence-corrected chi connectivity index (χ3v) is 6.05. The third kappa shape index (κ3) is 3.73. The van der Waals surface area contributed by atoms with Crippen molar-refractivity contribution in [3.8, 4) is 0 Å². The zero-order valence-corrected chi connectivity index (χ0v) is 18.5. The lowest BCUT2D eigenvalue weighted by atomic mass is 9.94. The lowest BCUT2D eigenvalue weighted by molar-refractivity contribution is -0.125. The van der Waals surface area contributed by atoms with Crippen molar-refractivity contribution in [2.24, 2.45) is 17.8 Å². The number of piperidine rings is 1. The lowest BCUT2D eigenvalue weighted by Gasteiger charge is -2.28. The first kappa shape index (κ1) is 20.6. The Kier molecular flexibility index (Phi) is 4.75. The fraction of sp³-hybridized carbons (Fsp3) is 0.565. The van der Waals surface area contributed by atoms with E-state index < -0.39 is 11.1 Å². The minimum absolute atomic E-state index is 0.0188. The molecule has 30 heavy (non-hydrogen) atoms. The molecule has 3 atom stereocenters. The van der Waals surface area contributed by atoms with Crippen LogP contribution in [-0.2, 0) is 15.1 Å². The molecule has 1 aromatic carbocycles. The van der Waals surface area contributed by atoms with Crippen molar-refractivity contribution in [2.75, 3.05) is 13.1 Å². The predicted molar refractivity (Wildman–Crippen MR) is 114 cm³/mol. The summed E-state index contributed by atoms with van der Waals surface area (Å²) in [5.41, 5.74) is 0.468. The zero-order valence-electron chi connectivity index (χ0n) is 18.5. The topological polar surface area (TPSA) is 84.4 Å². The standard InChI is InChI=1S/C23H30N4O3/c1-13-14-9-7-8-10-15(14)19(26-25-13)23(5,6)24-20(28)18-16-11-27(12-17(16)18)21(29)30-22(2,3)4/h7-10,16-18H,11-12H2,1-6H3,(H,24,28)/t16-,17+,18?. The highest BCUT2D eigenvalue weighted by molar-refractivity contribution is 5.88. The van der Waals surface area contributed by atoms with Crippen LogP contribution in [0.15, 0.2) is 24.3 Å². The lowest BCUT2D eigenvalue weighted by Crippen LogP contribution is -2.44. The van der Waals surface area contributed by atoms with Crippen LogP contribution in [0.2, 0.25) is 0 Å². The van der Waals surface area contributed by atoms with Gasteiger partial charge in [-0.05, 0) is 53.4 Å². The van der Waals surface area contributed by atoms with Crippen LogP contribution in [0.4, 0.5) is 4.79 Å². The molecule has 160 valence electrons. The summed E-state index contributed by atoms with van der Waals surface area (Å²) in [4.78, 5) is 27.0. The Morgan fingerprint density at radius 2 is 1.63 bits per heavy atom. The second-order valence-electron chi connectivity index (χ2n) is 10.0. The normalized spacial score (nSPS) is 23.3. The molecule has 4 rings (SSSR count). The number of fused-ring (bicyclic) bond motifs is 2. The maximum absolute atomic E-state index is 13.0. The molecule has 2 aliphatic rings. The van der Waals surface area contributed by atoms with Crippen LogP contribution < -0.4 is 5.32 Å². The van der Waals surface area contributed by atoms with Gasteiger partial charge in [-0.25, -0.2) is 4.79 Å². The molecule has 1 saturated heterocycles. The van der Waals surface area contributed by atoms with Gasteiger partial charge < -0.3 is 15.0 Å². The van der Waals surface area contributed by atoms with Gasteiger partial charge in [-0.3, -0.25) is 4.79 Å². The quantitative estimate of drug-likeness (QED) is 0.838. The Morgan fingerprint density at radius 3 is 2.23 bits per heavy atom. The molecule has 0 bridgehead atoms. The fourth-order valence-corrected chi connectivity index (χ4v) is 4.54. The Balaban J connectivity index is 1.43. The van der Waals surface area contributed by atoms with Crippen LogP contribution >= 0.6 is 0 Å². The summed E-state index contributed by atoms with van der Waals surface area (Å²) in [5, 5.41) is 13.9. The maximum Gasteiger partial charge on any atom is 0.410 e. The van der Waals surface area contributed by atoms with Crippen molar-refractivity contribution < 1.29 is 14.3 Å². The van der Waals surface area contributed by atoms with E-state index in [1.165, 1.54) is 0 Å². The number of rotatable bonds is 3. The van der Waals surface area contributed by atoms with Crippen molar-refractivity contribution in [2.45, 2.75) is 52.7 Å². The third-order valence-electron chi connectivity index (χ3n) is 6.05. The van der Waals surface area contributed by atoms with Gasteiger partial charge in [0.2, 0.25) is 5.91 Å². The molecule has 1 saturated carbocycles. The highest BCUT2D eigenvalue weighted by Gasteiger charge is 2.61. The van der Waals surface area contributed by atoms with Gasteiger partial charge in [0, 0.05) is 29.8 Å². The summed E-state index contributed by atoms with van der Waals surface area (Å²) in [5.74, 6) is 0.362. The van der Waals surface area contributed by atoms with Gasteiger partial charge in [-0.2, -0.15) is 10.2 Å². The van der Waals surface area contributed by atoms with Crippen LogP contribution in [0.1, 0.15) is 46.0 Å². The molecule has 1 N–H and O–H groups in total. The van der Waals surface area contributed by atoms with Crippen LogP contribution in [-0.4, -0.2) is 45.8 Å². The van der Waals surface area contributed by atoms with Gasteiger partial charge >= 0.3 is 6.09 Å². The maximum atomic E-state index is 13.0. The summed E-state index contributed by atoms with van der Waals surface area (Å²) >= 11 is 0. The second-order valence-corrected chi connectivity index (χ2v) is 10.0. The highest BCUT2D eigenvalue weighted by atomic mass is 16.6. The van der Waals surface area contributed by atoms with Gasteiger partial charge in [0.15, 0.2) is 0 Å². The Morgan fingerprint density at radius 1 is 1.03 bits per heavy atom. The van der Waals surface area contributed by atoms with Gasteiger partial charge in [0.05, 0.1) is 16.9 Å². The largest absolute Gasteiger partial charge is 0.444 e. The number of benzene rings is 1. The van der Waals surface area contributed by atoms with Crippen molar-refractivity contribution in [1.82, 2.24) is 20.4 Å². The minimum atomic E-state index is -0.654. The number of amides is 2. The first-order valence-electron chi connectivity index (χ1n) is 10.5. The first-order valence-corrected chi connectivity index (χ1v) is 10.5. The number of carbonyl (C=O) groups is 2. The van der Waals surface area contributed by atoms with Crippen LogP contribution in [0, 0.1) is 24.7 Å². The molecule has 2 aromatic rings. The number of hydrogen-bond acceptors (Lipinski definition) is 5. The van der Waals surface area contributed by atoms with E-state index in [0.717, 1.165) is 22.2 Å². The van der Waals surface area contributed by atoms with Crippen LogP contribution in [0.25, 0.3) is 10.8 Å². The molecule has 1 aliphatic heterocycles. The summed E-state index contributed by atoms with van der Waals surface area (Å²) in [6, 6.07) is 8.00. The van der Waals surface area contributed by atoms with Crippen LogP contribution in [0.5, 0.6) is 0 Å². The second kappa shape index (κ2) is 6.93. The molecular weight excluding hydrogens is 380 g/mol. The highest BCUT2D eigenvalue weighted by Crippen LogP contribution is 2.52. The molecule has 2 heterocycles. The summed E-state index contributed by atoms with van der Waals surface area (Å²) in [6.07, 6.45) is -0.296. The average Bonchev–Trinajstić information content (AvgIpc) is 3.14. The van der Waals surface area contributed by atoms with E-state index in [1.807, 2.05) is 65.8 Å². The van der Waals surface area contributed by atoms with E-state index in [4.69, 9.17) is 4.74 Å². The number of ether oxygens (including phenoxy) is 1. The van der Waals surface area contributed by atoms with Gasteiger partial charge in [0.25, 0.3) is 0 Å². The average molecular weight is 411 g/mol. The van der Waals surface area contributed by atoms with Crippen molar-refractivity contribution in [3.05, 3.63) is 35.7 Å². The number of nitrogens with zero attached hydrogens (tertiary/aromatic N) is 3. The monoisotopic (exact) mass is 410 g/mol. The molecule has 0 radical (unpaired) electrons. The van der Waals surface area contributed by atoms with E-state index in [2.05, 4.69) is 15.5 Å². The zero-order chi connectivity index (χ0) is 21.8. The van der Waals surface area contributed by atoms with Gasteiger partial charge in [0.1, 0.15) is 5.60 Å².